The maximum Gasteiger partial charge on any atom is 0.0467 e. The van der Waals surface area contributed by atoms with Gasteiger partial charge in [0.25, 0.3) is 0 Å². The first-order valence-electron chi connectivity index (χ1n) is 10.5. The van der Waals surface area contributed by atoms with Crippen LogP contribution in [-0.4, -0.2) is 4.98 Å². The molecule has 0 aliphatic heterocycles. The smallest absolute Gasteiger partial charge is 0.0467 e. The maximum atomic E-state index is 3.67. The summed E-state index contributed by atoms with van der Waals surface area (Å²) < 4.78 is 0. The van der Waals surface area contributed by atoms with Crippen LogP contribution in [0.1, 0.15) is 38.7 Å². The van der Waals surface area contributed by atoms with Gasteiger partial charge in [-0.3, -0.25) is 0 Å². The fourth-order valence-electron chi connectivity index (χ4n) is 3.94. The number of rotatable bonds is 7. The number of aromatic nitrogens is 1. The number of aromatic amines is 1. The third kappa shape index (κ3) is 4.04. The van der Waals surface area contributed by atoms with Crippen LogP contribution < -0.4 is 0 Å². The van der Waals surface area contributed by atoms with Crippen molar-refractivity contribution in [3.63, 3.8) is 0 Å². The summed E-state index contributed by atoms with van der Waals surface area (Å²) >= 11 is 0. The van der Waals surface area contributed by atoms with E-state index in [1.807, 2.05) is 0 Å². The Bertz CT molecular complexity index is 1030. The van der Waals surface area contributed by atoms with Gasteiger partial charge in [-0.2, -0.15) is 0 Å². The molecular weight excluding hydrogens is 338 g/mol. The lowest BCUT2D eigenvalue weighted by atomic mass is 9.94. The van der Waals surface area contributed by atoms with Crippen molar-refractivity contribution in [3.05, 3.63) is 84.4 Å². The van der Waals surface area contributed by atoms with Gasteiger partial charge in [-0.25, -0.2) is 0 Å². The van der Waals surface area contributed by atoms with Gasteiger partial charge in [0.1, 0.15) is 0 Å². The minimum absolute atomic E-state index is 0.805. The SMILES string of the molecule is CCC(C)CCCc1cc(-c2ccccc2)cc2[nH]c(-c3ccccc3)cc12. The molecule has 0 fully saturated rings. The van der Waals surface area contributed by atoms with Gasteiger partial charge in [0.15, 0.2) is 0 Å². The van der Waals surface area contributed by atoms with Gasteiger partial charge < -0.3 is 4.98 Å². The average Bonchev–Trinajstić information content (AvgIpc) is 3.19. The highest BCUT2D eigenvalue weighted by Gasteiger charge is 2.11. The summed E-state index contributed by atoms with van der Waals surface area (Å²) in [6, 6.07) is 28.4. The molecular formula is C27H29N. The number of aryl methyl sites for hydroxylation is 1. The Balaban J connectivity index is 1.75. The fourth-order valence-corrected chi connectivity index (χ4v) is 3.94. The second-order valence-electron chi connectivity index (χ2n) is 7.92. The number of fused-ring (bicyclic) bond motifs is 1. The summed E-state index contributed by atoms with van der Waals surface area (Å²) in [5.41, 5.74) is 7.71. The molecule has 0 radical (unpaired) electrons. The Morgan fingerprint density at radius 2 is 1.46 bits per heavy atom. The minimum atomic E-state index is 0.805. The molecule has 0 aliphatic carbocycles. The zero-order valence-electron chi connectivity index (χ0n) is 16.9. The summed E-state index contributed by atoms with van der Waals surface area (Å²) in [4.78, 5) is 3.67. The van der Waals surface area contributed by atoms with Gasteiger partial charge in [0.05, 0.1) is 0 Å². The molecule has 1 atom stereocenters. The largest absolute Gasteiger partial charge is 0.355 e. The van der Waals surface area contributed by atoms with E-state index in [1.54, 1.807) is 0 Å². The molecule has 4 rings (SSSR count). The van der Waals surface area contributed by atoms with Gasteiger partial charge in [-0.1, -0.05) is 93.4 Å². The van der Waals surface area contributed by atoms with Crippen molar-refractivity contribution in [1.29, 1.82) is 0 Å². The highest BCUT2D eigenvalue weighted by atomic mass is 14.7. The molecule has 0 saturated carbocycles. The Kier molecular flexibility index (Phi) is 5.62. The lowest BCUT2D eigenvalue weighted by Crippen LogP contribution is -1.95. The summed E-state index contributed by atoms with van der Waals surface area (Å²) in [6.07, 6.45) is 4.94. The van der Waals surface area contributed by atoms with E-state index in [0.717, 1.165) is 12.3 Å². The lowest BCUT2D eigenvalue weighted by molar-refractivity contribution is 0.496. The summed E-state index contributed by atoms with van der Waals surface area (Å²) in [5.74, 6) is 0.805. The first-order chi connectivity index (χ1) is 13.7. The minimum Gasteiger partial charge on any atom is -0.355 e. The van der Waals surface area contributed by atoms with Crippen molar-refractivity contribution in [2.24, 2.45) is 5.92 Å². The first kappa shape index (κ1) is 18.6. The molecule has 3 aromatic carbocycles. The third-order valence-electron chi connectivity index (χ3n) is 5.86. The van der Waals surface area contributed by atoms with Crippen molar-refractivity contribution in [2.45, 2.75) is 39.5 Å². The molecule has 1 N–H and O–H groups in total. The highest BCUT2D eigenvalue weighted by molar-refractivity contribution is 5.92. The van der Waals surface area contributed by atoms with E-state index < -0.39 is 0 Å². The van der Waals surface area contributed by atoms with E-state index in [4.69, 9.17) is 0 Å². The molecule has 1 heterocycles. The third-order valence-corrected chi connectivity index (χ3v) is 5.86. The summed E-state index contributed by atoms with van der Waals surface area (Å²) in [5, 5.41) is 1.36. The Morgan fingerprint density at radius 3 is 2.14 bits per heavy atom. The molecule has 1 heteroatoms. The van der Waals surface area contributed by atoms with E-state index >= 15 is 0 Å². The van der Waals surface area contributed by atoms with Crippen molar-refractivity contribution < 1.29 is 0 Å². The van der Waals surface area contributed by atoms with Gasteiger partial charge in [-0.05, 0) is 53.1 Å². The van der Waals surface area contributed by atoms with Crippen LogP contribution in [0.15, 0.2) is 78.9 Å². The molecule has 0 bridgehead atoms. The monoisotopic (exact) mass is 367 g/mol. The zero-order valence-corrected chi connectivity index (χ0v) is 16.9. The van der Waals surface area contributed by atoms with Gasteiger partial charge in [0, 0.05) is 16.6 Å². The second kappa shape index (κ2) is 8.48. The van der Waals surface area contributed by atoms with Crippen molar-refractivity contribution >= 4 is 10.9 Å². The van der Waals surface area contributed by atoms with Crippen molar-refractivity contribution in [3.8, 4) is 22.4 Å². The van der Waals surface area contributed by atoms with Gasteiger partial charge >= 0.3 is 0 Å². The van der Waals surface area contributed by atoms with Crippen LogP contribution in [0.4, 0.5) is 0 Å². The Morgan fingerprint density at radius 1 is 0.786 bits per heavy atom. The topological polar surface area (TPSA) is 15.8 Å². The van der Waals surface area contributed by atoms with E-state index in [2.05, 4.69) is 97.7 Å². The molecule has 0 saturated heterocycles. The van der Waals surface area contributed by atoms with Crippen LogP contribution in [-0.2, 0) is 6.42 Å². The van der Waals surface area contributed by atoms with E-state index in [-0.39, 0.29) is 0 Å². The van der Waals surface area contributed by atoms with Crippen LogP contribution in [0.5, 0.6) is 0 Å². The molecule has 0 aliphatic rings. The Hall–Kier alpha value is -2.80. The van der Waals surface area contributed by atoms with Gasteiger partial charge in [0.2, 0.25) is 0 Å². The maximum absolute atomic E-state index is 3.67. The molecule has 1 nitrogen and oxygen atoms in total. The van der Waals surface area contributed by atoms with Crippen LogP contribution in [0.25, 0.3) is 33.3 Å². The molecule has 4 aromatic rings. The standard InChI is InChI=1S/C27H29N/c1-3-20(2)11-10-16-23-17-24(21-12-6-4-7-13-21)18-27-25(23)19-26(28-27)22-14-8-5-9-15-22/h4-9,12-15,17-20,28H,3,10-11,16H2,1-2H3. The van der Waals surface area contributed by atoms with Crippen molar-refractivity contribution in [2.75, 3.05) is 0 Å². The predicted octanol–water partition coefficient (Wildman–Crippen LogP) is 7.87. The first-order valence-corrected chi connectivity index (χ1v) is 10.5. The highest BCUT2D eigenvalue weighted by Crippen LogP contribution is 2.32. The molecule has 1 unspecified atom stereocenters. The number of nitrogens with one attached hydrogen (secondary N) is 1. The fraction of sp³-hybridized carbons (Fsp3) is 0.259. The zero-order chi connectivity index (χ0) is 19.3. The predicted molar refractivity (Wildman–Crippen MR) is 122 cm³/mol. The summed E-state index contributed by atoms with van der Waals surface area (Å²) in [7, 11) is 0. The van der Waals surface area contributed by atoms with Crippen LogP contribution in [0.2, 0.25) is 0 Å². The van der Waals surface area contributed by atoms with Crippen LogP contribution >= 0.6 is 0 Å². The van der Waals surface area contributed by atoms with E-state index in [9.17, 15) is 0 Å². The number of hydrogen-bond acceptors (Lipinski definition) is 0. The average molecular weight is 368 g/mol. The normalized spacial score (nSPS) is 12.4. The summed E-state index contributed by atoms with van der Waals surface area (Å²) in [6.45, 7) is 4.65. The van der Waals surface area contributed by atoms with E-state index in [1.165, 1.54) is 58.1 Å². The van der Waals surface area contributed by atoms with Gasteiger partial charge in [-0.15, -0.1) is 0 Å². The lowest BCUT2D eigenvalue weighted by Gasteiger charge is -2.11. The molecule has 28 heavy (non-hydrogen) atoms. The van der Waals surface area contributed by atoms with Crippen LogP contribution in [0.3, 0.4) is 0 Å². The number of H-pyrrole nitrogens is 1. The molecule has 0 spiro atoms. The Labute approximate surface area is 168 Å². The molecule has 142 valence electrons. The molecule has 0 amide bonds. The number of hydrogen-bond donors (Lipinski definition) is 1. The number of benzene rings is 3. The van der Waals surface area contributed by atoms with Crippen molar-refractivity contribution in [1.82, 2.24) is 4.98 Å². The quantitative estimate of drug-likeness (QED) is 0.342. The molecule has 1 aromatic heterocycles. The van der Waals surface area contributed by atoms with E-state index in [0.29, 0.717) is 0 Å². The second-order valence-corrected chi connectivity index (χ2v) is 7.92. The van der Waals surface area contributed by atoms with Crippen LogP contribution in [0, 0.1) is 5.92 Å².